The van der Waals surface area contributed by atoms with Crippen molar-refractivity contribution in [1.29, 1.82) is 0 Å². The van der Waals surface area contributed by atoms with Crippen LogP contribution in [0.3, 0.4) is 0 Å². The number of aryl methyl sites for hydroxylation is 2. The minimum atomic E-state index is -0.237. The van der Waals surface area contributed by atoms with E-state index in [2.05, 4.69) is 15.5 Å². The normalized spacial score (nSPS) is 10.6. The summed E-state index contributed by atoms with van der Waals surface area (Å²) in [6, 6.07) is 12.6. The average molecular weight is 342 g/mol. The summed E-state index contributed by atoms with van der Waals surface area (Å²) in [6.45, 7) is 4.08. The van der Waals surface area contributed by atoms with Crippen molar-refractivity contribution in [3.63, 3.8) is 0 Å². The van der Waals surface area contributed by atoms with Gasteiger partial charge in [-0.15, -0.1) is 0 Å². The maximum atomic E-state index is 12.3. The van der Waals surface area contributed by atoms with E-state index in [1.165, 1.54) is 0 Å². The first-order valence-corrected chi connectivity index (χ1v) is 7.85. The molecule has 0 aliphatic rings. The summed E-state index contributed by atoms with van der Waals surface area (Å²) in [5, 5.41) is 7.44. The Morgan fingerprint density at radius 3 is 2.58 bits per heavy atom. The molecule has 0 fully saturated rings. The molecule has 122 valence electrons. The maximum absolute atomic E-state index is 12.3. The highest BCUT2D eigenvalue weighted by atomic mass is 35.5. The van der Waals surface area contributed by atoms with Crippen LogP contribution >= 0.6 is 11.6 Å². The van der Waals surface area contributed by atoms with Gasteiger partial charge in [0.2, 0.25) is 0 Å². The smallest absolute Gasteiger partial charge is 0.270 e. The largest absolute Gasteiger partial charge is 0.361 e. The molecule has 2 heterocycles. The molecule has 3 aromatic rings. The number of carbonyl (C=O) groups is 1. The van der Waals surface area contributed by atoms with Crippen LogP contribution in [0.15, 0.2) is 47.0 Å². The van der Waals surface area contributed by atoms with E-state index in [0.717, 1.165) is 16.8 Å². The first kappa shape index (κ1) is 16.2. The molecule has 0 radical (unpaired) electrons. The Morgan fingerprint density at radius 1 is 1.17 bits per heavy atom. The van der Waals surface area contributed by atoms with E-state index in [1.807, 2.05) is 32.0 Å². The van der Waals surface area contributed by atoms with Crippen molar-refractivity contribution < 1.29 is 9.32 Å². The number of aromatic nitrogens is 2. The molecule has 0 spiro atoms. The van der Waals surface area contributed by atoms with Crippen LogP contribution in [0.2, 0.25) is 5.02 Å². The average Bonchev–Trinajstić information content (AvgIpc) is 2.93. The summed E-state index contributed by atoms with van der Waals surface area (Å²) < 4.78 is 5.16. The van der Waals surface area contributed by atoms with Gasteiger partial charge in [0.1, 0.15) is 11.5 Å². The molecule has 0 unspecified atom stereocenters. The molecule has 0 aliphatic carbocycles. The van der Waals surface area contributed by atoms with Gasteiger partial charge in [-0.3, -0.25) is 4.79 Å². The molecular formula is C18H16ClN3O2. The third kappa shape index (κ3) is 3.46. The topological polar surface area (TPSA) is 68.0 Å². The van der Waals surface area contributed by atoms with Crippen molar-refractivity contribution in [2.75, 3.05) is 0 Å². The Balaban J connectivity index is 1.76. The van der Waals surface area contributed by atoms with Gasteiger partial charge < -0.3 is 9.84 Å². The Labute approximate surface area is 144 Å². The number of halogens is 1. The molecular weight excluding hydrogens is 326 g/mol. The fourth-order valence-corrected chi connectivity index (χ4v) is 2.55. The summed E-state index contributed by atoms with van der Waals surface area (Å²) in [5.41, 5.74) is 3.56. The van der Waals surface area contributed by atoms with Gasteiger partial charge in [0.25, 0.3) is 5.91 Å². The minimum absolute atomic E-state index is 0.237. The number of hydrogen-bond donors (Lipinski definition) is 1. The van der Waals surface area contributed by atoms with Gasteiger partial charge in [0.05, 0.1) is 17.0 Å². The fraction of sp³-hybridized carbons (Fsp3) is 0.167. The third-order valence-corrected chi connectivity index (χ3v) is 3.89. The quantitative estimate of drug-likeness (QED) is 0.780. The highest BCUT2D eigenvalue weighted by molar-refractivity contribution is 6.30. The first-order valence-electron chi connectivity index (χ1n) is 7.47. The highest BCUT2D eigenvalue weighted by Gasteiger charge is 2.15. The van der Waals surface area contributed by atoms with Crippen molar-refractivity contribution in [2.24, 2.45) is 0 Å². The van der Waals surface area contributed by atoms with E-state index in [4.69, 9.17) is 16.1 Å². The second kappa shape index (κ2) is 6.84. The summed E-state index contributed by atoms with van der Waals surface area (Å²) in [6.07, 6.45) is 0. The number of amides is 1. The number of benzene rings is 1. The molecule has 6 heteroatoms. The summed E-state index contributed by atoms with van der Waals surface area (Å²) in [4.78, 5) is 16.8. The van der Waals surface area contributed by atoms with E-state index >= 15 is 0 Å². The lowest BCUT2D eigenvalue weighted by molar-refractivity contribution is 0.0946. The fourth-order valence-electron chi connectivity index (χ4n) is 2.42. The lowest BCUT2D eigenvalue weighted by Crippen LogP contribution is -2.23. The van der Waals surface area contributed by atoms with Crippen LogP contribution < -0.4 is 5.32 Å². The second-order valence-corrected chi connectivity index (χ2v) is 5.85. The lowest BCUT2D eigenvalue weighted by atomic mass is 10.1. The molecule has 0 aliphatic heterocycles. The van der Waals surface area contributed by atoms with Crippen LogP contribution in [0.4, 0.5) is 0 Å². The first-order chi connectivity index (χ1) is 11.5. The monoisotopic (exact) mass is 341 g/mol. The van der Waals surface area contributed by atoms with Crippen molar-refractivity contribution in [3.8, 4) is 11.3 Å². The zero-order chi connectivity index (χ0) is 17.1. The van der Waals surface area contributed by atoms with Crippen LogP contribution in [0.5, 0.6) is 0 Å². The lowest BCUT2D eigenvalue weighted by Gasteiger charge is -2.07. The Kier molecular flexibility index (Phi) is 4.62. The second-order valence-electron chi connectivity index (χ2n) is 5.42. The van der Waals surface area contributed by atoms with E-state index in [0.29, 0.717) is 28.7 Å². The van der Waals surface area contributed by atoms with E-state index in [9.17, 15) is 4.79 Å². The minimum Gasteiger partial charge on any atom is -0.361 e. The molecule has 3 rings (SSSR count). The third-order valence-electron chi connectivity index (χ3n) is 3.64. The van der Waals surface area contributed by atoms with Crippen molar-refractivity contribution in [1.82, 2.24) is 15.5 Å². The molecule has 5 nitrogen and oxygen atoms in total. The highest BCUT2D eigenvalue weighted by Crippen LogP contribution is 2.25. The predicted octanol–water partition coefficient (Wildman–Crippen LogP) is 3.94. The van der Waals surface area contributed by atoms with Gasteiger partial charge in [-0.1, -0.05) is 35.0 Å². The molecule has 24 heavy (non-hydrogen) atoms. The van der Waals surface area contributed by atoms with Gasteiger partial charge in [0, 0.05) is 11.6 Å². The number of nitrogens with one attached hydrogen (secondary N) is 1. The zero-order valence-electron chi connectivity index (χ0n) is 13.3. The van der Waals surface area contributed by atoms with Crippen LogP contribution in [0.25, 0.3) is 11.3 Å². The molecule has 2 aromatic heterocycles. The molecule has 1 amide bonds. The standard InChI is InChI=1S/C18H16ClN3O2/c1-11-17(12(2)24-22-11)15-4-3-5-16(21-15)18(23)20-10-13-6-8-14(19)9-7-13/h3-9H,10H2,1-2H3,(H,20,23). The van der Waals surface area contributed by atoms with E-state index in [1.54, 1.807) is 24.3 Å². The van der Waals surface area contributed by atoms with Gasteiger partial charge >= 0.3 is 0 Å². The van der Waals surface area contributed by atoms with Crippen molar-refractivity contribution >= 4 is 17.5 Å². The molecule has 0 bridgehead atoms. The predicted molar refractivity (Wildman–Crippen MR) is 91.8 cm³/mol. The van der Waals surface area contributed by atoms with Crippen molar-refractivity contribution in [3.05, 3.63) is 70.2 Å². The molecule has 0 saturated heterocycles. The number of pyridine rings is 1. The Morgan fingerprint density at radius 2 is 1.92 bits per heavy atom. The van der Waals surface area contributed by atoms with Crippen molar-refractivity contribution in [2.45, 2.75) is 20.4 Å². The van der Waals surface area contributed by atoms with Crippen LogP contribution in [0, 0.1) is 13.8 Å². The Hall–Kier alpha value is -2.66. The molecule has 0 saturated carbocycles. The van der Waals surface area contributed by atoms with Gasteiger partial charge in [-0.25, -0.2) is 4.98 Å². The van der Waals surface area contributed by atoms with Gasteiger partial charge in [-0.2, -0.15) is 0 Å². The van der Waals surface area contributed by atoms with Crippen LogP contribution in [-0.2, 0) is 6.54 Å². The summed E-state index contributed by atoms with van der Waals surface area (Å²) in [7, 11) is 0. The van der Waals surface area contributed by atoms with Crippen LogP contribution in [-0.4, -0.2) is 16.0 Å². The molecule has 1 aromatic carbocycles. The van der Waals surface area contributed by atoms with Gasteiger partial charge in [0.15, 0.2) is 0 Å². The Bertz CT molecular complexity index is 853. The van der Waals surface area contributed by atoms with E-state index < -0.39 is 0 Å². The summed E-state index contributed by atoms with van der Waals surface area (Å²) in [5.74, 6) is 0.442. The number of rotatable bonds is 4. The maximum Gasteiger partial charge on any atom is 0.270 e. The molecule has 0 atom stereocenters. The number of carbonyl (C=O) groups excluding carboxylic acids is 1. The zero-order valence-corrected chi connectivity index (χ0v) is 14.1. The number of nitrogens with zero attached hydrogens (tertiary/aromatic N) is 2. The number of hydrogen-bond acceptors (Lipinski definition) is 4. The summed E-state index contributed by atoms with van der Waals surface area (Å²) >= 11 is 5.85. The van der Waals surface area contributed by atoms with Crippen LogP contribution in [0.1, 0.15) is 27.5 Å². The SMILES string of the molecule is Cc1noc(C)c1-c1cccc(C(=O)NCc2ccc(Cl)cc2)n1. The van der Waals surface area contributed by atoms with E-state index in [-0.39, 0.29) is 5.91 Å². The van der Waals surface area contributed by atoms with Gasteiger partial charge in [-0.05, 0) is 43.7 Å². The molecule has 1 N–H and O–H groups in total.